The van der Waals surface area contributed by atoms with E-state index in [1.807, 2.05) is 0 Å². The second-order valence-electron chi connectivity index (χ2n) is 8.74. The van der Waals surface area contributed by atoms with E-state index in [2.05, 4.69) is 10.0 Å². The second kappa shape index (κ2) is 8.97. The van der Waals surface area contributed by atoms with Crippen molar-refractivity contribution in [3.63, 3.8) is 0 Å². The minimum Gasteiger partial charge on any atom is -0.391 e. The molecule has 3 rings (SSSR count). The van der Waals surface area contributed by atoms with Crippen LogP contribution in [0.3, 0.4) is 0 Å². The molecule has 172 valence electrons. The van der Waals surface area contributed by atoms with Crippen LogP contribution >= 0.6 is 0 Å². The van der Waals surface area contributed by atoms with Gasteiger partial charge in [-0.3, -0.25) is 9.59 Å². The van der Waals surface area contributed by atoms with Crippen LogP contribution in [0, 0.1) is 5.82 Å². The van der Waals surface area contributed by atoms with Crippen LogP contribution in [0.15, 0.2) is 53.4 Å². The minimum atomic E-state index is -3.72. The van der Waals surface area contributed by atoms with Crippen molar-refractivity contribution in [3.8, 4) is 0 Å². The minimum absolute atomic E-state index is 0.0239. The molecule has 2 amide bonds. The molecule has 10 heteroatoms. The zero-order valence-corrected chi connectivity index (χ0v) is 18.8. The Morgan fingerprint density at radius 3 is 2.22 bits per heavy atom. The summed E-state index contributed by atoms with van der Waals surface area (Å²) in [6, 6.07) is 9.67. The summed E-state index contributed by atoms with van der Waals surface area (Å²) in [5, 5.41) is 12.7. The van der Waals surface area contributed by atoms with E-state index in [9.17, 15) is 27.5 Å². The summed E-state index contributed by atoms with van der Waals surface area (Å²) in [4.78, 5) is 26.9. The van der Waals surface area contributed by atoms with Gasteiger partial charge >= 0.3 is 0 Å². The van der Waals surface area contributed by atoms with E-state index in [-0.39, 0.29) is 23.4 Å². The van der Waals surface area contributed by atoms with Crippen molar-refractivity contribution in [3.05, 3.63) is 59.9 Å². The molecule has 0 unspecified atom stereocenters. The number of rotatable bonds is 5. The molecule has 2 aromatic carbocycles. The van der Waals surface area contributed by atoms with Crippen molar-refractivity contribution in [2.24, 2.45) is 0 Å². The van der Waals surface area contributed by atoms with Gasteiger partial charge in [-0.05, 0) is 69.3 Å². The summed E-state index contributed by atoms with van der Waals surface area (Å²) in [6.07, 6.45) is -0.813. The lowest BCUT2D eigenvalue weighted by atomic mass is 10.1. The molecule has 2 aromatic rings. The number of aliphatic hydroxyl groups excluding tert-OH is 1. The number of nitrogens with one attached hydrogen (secondary N) is 2. The van der Waals surface area contributed by atoms with Crippen LogP contribution in [-0.4, -0.2) is 54.5 Å². The van der Waals surface area contributed by atoms with Gasteiger partial charge in [-0.15, -0.1) is 0 Å². The predicted molar refractivity (Wildman–Crippen MR) is 117 cm³/mol. The highest BCUT2D eigenvalue weighted by Gasteiger charge is 2.39. The summed E-state index contributed by atoms with van der Waals surface area (Å²) >= 11 is 0. The van der Waals surface area contributed by atoms with Crippen LogP contribution in [0.1, 0.15) is 37.6 Å². The number of benzene rings is 2. The lowest BCUT2D eigenvalue weighted by Crippen LogP contribution is -2.43. The summed E-state index contributed by atoms with van der Waals surface area (Å²) < 4.78 is 40.5. The predicted octanol–water partition coefficient (Wildman–Crippen LogP) is 2.12. The van der Waals surface area contributed by atoms with Gasteiger partial charge in [0.2, 0.25) is 15.9 Å². The first-order chi connectivity index (χ1) is 14.9. The van der Waals surface area contributed by atoms with Crippen molar-refractivity contribution < 1.29 is 27.5 Å². The zero-order chi connectivity index (χ0) is 23.7. The van der Waals surface area contributed by atoms with Crippen molar-refractivity contribution in [1.82, 2.24) is 9.62 Å². The number of carbonyl (C=O) groups excluding carboxylic acids is 2. The molecule has 1 saturated heterocycles. The molecule has 3 N–H and O–H groups in total. The molecule has 1 aliphatic rings. The maximum Gasteiger partial charge on any atom is 0.254 e. The third-order valence-electron chi connectivity index (χ3n) is 4.81. The molecule has 8 nitrogen and oxygen atoms in total. The normalized spacial score (nSPS) is 19.1. The first-order valence-electron chi connectivity index (χ1n) is 10.1. The second-order valence-corrected chi connectivity index (χ2v) is 10.4. The van der Waals surface area contributed by atoms with Crippen LogP contribution in [0.2, 0.25) is 0 Å². The molecule has 32 heavy (non-hydrogen) atoms. The van der Waals surface area contributed by atoms with Crippen molar-refractivity contribution in [1.29, 1.82) is 0 Å². The molecule has 0 bridgehead atoms. The number of hydrogen-bond donors (Lipinski definition) is 3. The van der Waals surface area contributed by atoms with Crippen molar-refractivity contribution >= 4 is 27.5 Å². The van der Waals surface area contributed by atoms with Crippen LogP contribution in [0.25, 0.3) is 0 Å². The molecule has 0 spiro atoms. The van der Waals surface area contributed by atoms with Gasteiger partial charge in [0.1, 0.15) is 11.9 Å². The Labute approximate surface area is 186 Å². The number of β-amino-alcohol motifs (C(OH)–C–C–N with tert-alkyl or cyclic N) is 1. The zero-order valence-electron chi connectivity index (χ0n) is 18.0. The lowest BCUT2D eigenvalue weighted by molar-refractivity contribution is -0.119. The van der Waals surface area contributed by atoms with E-state index in [0.29, 0.717) is 5.69 Å². The first-order valence-corrected chi connectivity index (χ1v) is 11.5. The Morgan fingerprint density at radius 1 is 1.06 bits per heavy atom. The molecule has 1 aliphatic heterocycles. The number of aliphatic hydroxyl groups is 1. The Balaban J connectivity index is 1.72. The van der Waals surface area contributed by atoms with Crippen LogP contribution < -0.4 is 10.0 Å². The van der Waals surface area contributed by atoms with E-state index in [0.717, 1.165) is 12.1 Å². The molecular weight excluding hydrogens is 437 g/mol. The van der Waals surface area contributed by atoms with E-state index in [1.165, 1.54) is 41.3 Å². The average Bonchev–Trinajstić information content (AvgIpc) is 3.08. The smallest absolute Gasteiger partial charge is 0.254 e. The Hall–Kier alpha value is -2.82. The molecule has 0 radical (unpaired) electrons. The van der Waals surface area contributed by atoms with Crippen molar-refractivity contribution in [2.45, 2.75) is 49.8 Å². The van der Waals surface area contributed by atoms with E-state index < -0.39 is 45.3 Å². The molecule has 2 atom stereocenters. The fourth-order valence-electron chi connectivity index (χ4n) is 3.45. The van der Waals surface area contributed by atoms with Crippen LogP contribution in [-0.2, 0) is 14.8 Å². The molecule has 0 aromatic heterocycles. The number of amides is 2. The highest BCUT2D eigenvalue weighted by molar-refractivity contribution is 7.89. The lowest BCUT2D eigenvalue weighted by Gasteiger charge is -2.24. The van der Waals surface area contributed by atoms with E-state index >= 15 is 0 Å². The SMILES string of the molecule is CC(C)(C)NS(=O)(=O)c1ccc(NC(=O)[C@@H]2C[C@H](O)CN2C(=O)c2ccc(F)cc2)cc1. The summed E-state index contributed by atoms with van der Waals surface area (Å²) in [5.74, 6) is -1.49. The highest BCUT2D eigenvalue weighted by atomic mass is 32.2. The third kappa shape index (κ3) is 5.70. The first kappa shape index (κ1) is 23.8. The summed E-state index contributed by atoms with van der Waals surface area (Å²) in [7, 11) is -3.72. The number of halogens is 1. The molecule has 0 saturated carbocycles. The monoisotopic (exact) mass is 463 g/mol. The van der Waals surface area contributed by atoms with Gasteiger partial charge in [0.25, 0.3) is 5.91 Å². The highest BCUT2D eigenvalue weighted by Crippen LogP contribution is 2.23. The summed E-state index contributed by atoms with van der Waals surface area (Å²) in [5.41, 5.74) is -0.0882. The standard InChI is InChI=1S/C22H26FN3O5S/c1-22(2,3)25-32(30,31)18-10-8-16(9-11-18)24-20(28)19-12-17(27)13-26(19)21(29)14-4-6-15(23)7-5-14/h4-11,17,19,25,27H,12-13H2,1-3H3,(H,24,28)/t17-,19-/m0/s1. The Kier molecular flexibility index (Phi) is 6.68. The van der Waals surface area contributed by atoms with Crippen LogP contribution in [0.5, 0.6) is 0 Å². The fourth-order valence-corrected chi connectivity index (χ4v) is 4.87. The molecule has 0 aliphatic carbocycles. The number of likely N-dealkylation sites (tertiary alicyclic amines) is 1. The van der Waals surface area contributed by atoms with E-state index in [1.54, 1.807) is 20.8 Å². The van der Waals surface area contributed by atoms with Gasteiger partial charge in [0, 0.05) is 29.8 Å². The van der Waals surface area contributed by atoms with Crippen LogP contribution in [0.4, 0.5) is 10.1 Å². The Morgan fingerprint density at radius 2 is 1.66 bits per heavy atom. The topological polar surface area (TPSA) is 116 Å². The quantitative estimate of drug-likeness (QED) is 0.628. The summed E-state index contributed by atoms with van der Waals surface area (Å²) in [6.45, 7) is 5.17. The maximum absolute atomic E-state index is 13.1. The maximum atomic E-state index is 13.1. The average molecular weight is 464 g/mol. The largest absolute Gasteiger partial charge is 0.391 e. The number of sulfonamides is 1. The fraction of sp³-hybridized carbons (Fsp3) is 0.364. The van der Waals surface area contributed by atoms with Gasteiger partial charge in [-0.2, -0.15) is 0 Å². The molecule has 1 heterocycles. The van der Waals surface area contributed by atoms with Gasteiger partial charge < -0.3 is 15.3 Å². The van der Waals surface area contributed by atoms with Gasteiger partial charge in [-0.25, -0.2) is 17.5 Å². The van der Waals surface area contributed by atoms with Crippen molar-refractivity contribution in [2.75, 3.05) is 11.9 Å². The van der Waals surface area contributed by atoms with Gasteiger partial charge in [-0.1, -0.05) is 0 Å². The number of hydrogen-bond acceptors (Lipinski definition) is 5. The molecular formula is C22H26FN3O5S. The third-order valence-corrected chi connectivity index (χ3v) is 6.58. The number of carbonyl (C=O) groups is 2. The molecule has 1 fully saturated rings. The number of anilines is 1. The van der Waals surface area contributed by atoms with E-state index in [4.69, 9.17) is 0 Å². The Bertz CT molecular complexity index is 1100. The van der Waals surface area contributed by atoms with Gasteiger partial charge in [0.15, 0.2) is 0 Å². The van der Waals surface area contributed by atoms with Gasteiger partial charge in [0.05, 0.1) is 11.0 Å². The number of nitrogens with zero attached hydrogens (tertiary/aromatic N) is 1.